The SMILES string of the molecule is [N-]=[N+]=NCc1ccccc1C[C@]1(C(=O)NNc2ccccc2)N=C(c2ccc(OCCCO)cc2)O[C@H]1c1ccc(Br)cc1. The molecule has 3 N–H and O–H groups in total. The molecule has 4 aromatic carbocycles. The van der Waals surface area contributed by atoms with Gasteiger partial charge in [0.05, 0.1) is 18.8 Å². The smallest absolute Gasteiger partial charge is 0.270 e. The van der Waals surface area contributed by atoms with Gasteiger partial charge in [-0.15, -0.1) is 0 Å². The number of amides is 1. The number of carbonyl (C=O) groups excluding carboxylic acids is 1. The van der Waals surface area contributed by atoms with Gasteiger partial charge in [-0.1, -0.05) is 75.6 Å². The lowest BCUT2D eigenvalue weighted by atomic mass is 9.81. The van der Waals surface area contributed by atoms with Crippen LogP contribution in [0.3, 0.4) is 0 Å². The Morgan fingerprint density at radius 1 is 1.00 bits per heavy atom. The Morgan fingerprint density at radius 3 is 2.41 bits per heavy atom. The molecule has 11 heteroatoms. The molecule has 0 saturated carbocycles. The van der Waals surface area contributed by atoms with Crippen molar-refractivity contribution in [1.82, 2.24) is 5.43 Å². The molecule has 0 saturated heterocycles. The van der Waals surface area contributed by atoms with Gasteiger partial charge in [0.15, 0.2) is 11.6 Å². The monoisotopic (exact) mass is 654 g/mol. The number of nitrogens with zero attached hydrogens (tertiary/aromatic N) is 4. The van der Waals surface area contributed by atoms with Crippen molar-refractivity contribution in [3.8, 4) is 5.75 Å². The molecule has 0 fully saturated rings. The third kappa shape index (κ3) is 7.20. The molecule has 1 amide bonds. The molecule has 5 rings (SSSR count). The summed E-state index contributed by atoms with van der Waals surface area (Å²) in [6.07, 6.45) is -0.0995. The van der Waals surface area contributed by atoms with Crippen LogP contribution in [0.15, 0.2) is 118 Å². The van der Waals surface area contributed by atoms with Crippen molar-refractivity contribution in [3.05, 3.63) is 140 Å². The first-order valence-electron chi connectivity index (χ1n) is 14.1. The van der Waals surface area contributed by atoms with Crippen molar-refractivity contribution in [2.45, 2.75) is 31.0 Å². The molecule has 2 atom stereocenters. The normalized spacial score (nSPS) is 17.1. The van der Waals surface area contributed by atoms with Gasteiger partial charge in [0.2, 0.25) is 5.90 Å². The second kappa shape index (κ2) is 14.6. The Balaban J connectivity index is 1.59. The van der Waals surface area contributed by atoms with Crippen LogP contribution in [0.1, 0.15) is 34.8 Å². The molecule has 0 spiro atoms. The number of rotatable bonds is 13. The van der Waals surface area contributed by atoms with Crippen molar-refractivity contribution in [2.75, 3.05) is 18.6 Å². The molecular weight excluding hydrogens is 624 g/mol. The number of hydrogen-bond acceptors (Lipinski definition) is 7. The molecule has 0 aliphatic carbocycles. The summed E-state index contributed by atoms with van der Waals surface area (Å²) in [6.45, 7) is 0.575. The Bertz CT molecular complexity index is 1640. The quantitative estimate of drug-likeness (QED) is 0.0486. The van der Waals surface area contributed by atoms with Crippen LogP contribution in [0, 0.1) is 0 Å². The summed E-state index contributed by atoms with van der Waals surface area (Å²) < 4.78 is 13.2. The number of hydrazine groups is 1. The van der Waals surface area contributed by atoms with Crippen LogP contribution >= 0.6 is 15.9 Å². The Kier molecular flexibility index (Phi) is 10.1. The predicted octanol–water partition coefficient (Wildman–Crippen LogP) is 6.66. The molecule has 0 unspecified atom stereocenters. The van der Waals surface area contributed by atoms with Crippen LogP contribution in [0.2, 0.25) is 0 Å². The second-order valence-corrected chi connectivity index (χ2v) is 11.0. The fourth-order valence-electron chi connectivity index (χ4n) is 4.96. The fraction of sp³-hybridized carbons (Fsp3) is 0.212. The average molecular weight is 656 g/mol. The Morgan fingerprint density at radius 2 is 1.70 bits per heavy atom. The maximum Gasteiger partial charge on any atom is 0.270 e. The van der Waals surface area contributed by atoms with Crippen LogP contribution in [-0.2, 0) is 22.5 Å². The molecule has 0 bridgehead atoms. The van der Waals surface area contributed by atoms with Crippen LogP contribution in [0.5, 0.6) is 5.75 Å². The van der Waals surface area contributed by atoms with E-state index in [9.17, 15) is 4.79 Å². The van der Waals surface area contributed by atoms with Crippen molar-refractivity contribution in [1.29, 1.82) is 0 Å². The van der Waals surface area contributed by atoms with E-state index in [2.05, 4.69) is 36.8 Å². The number of aliphatic hydroxyl groups is 1. The van der Waals surface area contributed by atoms with E-state index in [1.807, 2.05) is 91.0 Å². The number of anilines is 1. The number of aliphatic imine (C=N–C) groups is 1. The lowest BCUT2D eigenvalue weighted by molar-refractivity contribution is -0.128. The highest BCUT2D eigenvalue weighted by atomic mass is 79.9. The lowest BCUT2D eigenvalue weighted by Gasteiger charge is -2.31. The topological polar surface area (TPSA) is 141 Å². The molecular formula is C33H31BrN6O4. The number of aliphatic hydroxyl groups excluding tert-OH is 1. The summed E-state index contributed by atoms with van der Waals surface area (Å²) in [4.78, 5) is 22.4. The van der Waals surface area contributed by atoms with E-state index in [-0.39, 0.29) is 19.6 Å². The molecule has 1 aliphatic rings. The van der Waals surface area contributed by atoms with E-state index in [0.717, 1.165) is 21.2 Å². The van der Waals surface area contributed by atoms with Crippen LogP contribution in [0.25, 0.3) is 10.4 Å². The van der Waals surface area contributed by atoms with Gasteiger partial charge in [0.25, 0.3) is 5.91 Å². The minimum Gasteiger partial charge on any atom is -0.494 e. The molecule has 0 aromatic heterocycles. The number of para-hydroxylation sites is 1. The maximum atomic E-state index is 14.4. The highest BCUT2D eigenvalue weighted by molar-refractivity contribution is 9.10. The van der Waals surface area contributed by atoms with Crippen molar-refractivity contribution >= 4 is 33.4 Å². The van der Waals surface area contributed by atoms with Crippen LogP contribution < -0.4 is 15.6 Å². The Hall–Kier alpha value is -4.83. The molecule has 1 heterocycles. The first-order valence-corrected chi connectivity index (χ1v) is 14.9. The van der Waals surface area contributed by atoms with Crippen molar-refractivity contribution in [2.24, 2.45) is 10.1 Å². The number of ether oxygens (including phenoxy) is 2. The van der Waals surface area contributed by atoms with Gasteiger partial charge >= 0.3 is 0 Å². The number of nitrogens with one attached hydrogen (secondary N) is 2. The number of carbonyl (C=O) groups is 1. The summed E-state index contributed by atoms with van der Waals surface area (Å²) in [5.74, 6) is 0.558. The van der Waals surface area contributed by atoms with Crippen LogP contribution in [-0.4, -0.2) is 35.7 Å². The summed E-state index contributed by atoms with van der Waals surface area (Å²) in [7, 11) is 0. The van der Waals surface area contributed by atoms with Crippen LogP contribution in [0.4, 0.5) is 5.69 Å². The first kappa shape index (κ1) is 30.6. The third-order valence-corrected chi connectivity index (χ3v) is 7.71. The Labute approximate surface area is 263 Å². The molecule has 224 valence electrons. The average Bonchev–Trinajstić information content (AvgIpc) is 3.45. The summed E-state index contributed by atoms with van der Waals surface area (Å²) in [6, 6.07) is 31.7. The third-order valence-electron chi connectivity index (χ3n) is 7.18. The summed E-state index contributed by atoms with van der Waals surface area (Å²) in [5.41, 5.74) is 17.2. The van der Waals surface area contributed by atoms with Gasteiger partial charge in [-0.2, -0.15) is 0 Å². The van der Waals surface area contributed by atoms with Crippen molar-refractivity contribution < 1.29 is 19.4 Å². The van der Waals surface area contributed by atoms with E-state index >= 15 is 0 Å². The zero-order valence-electron chi connectivity index (χ0n) is 23.8. The van der Waals surface area contributed by atoms with E-state index in [1.165, 1.54) is 0 Å². The molecule has 4 aromatic rings. The molecule has 1 aliphatic heterocycles. The van der Waals surface area contributed by atoms with Gasteiger partial charge in [0, 0.05) is 34.4 Å². The van der Waals surface area contributed by atoms with E-state index < -0.39 is 17.6 Å². The minimum atomic E-state index is -1.45. The zero-order valence-corrected chi connectivity index (χ0v) is 25.4. The largest absolute Gasteiger partial charge is 0.494 e. The van der Waals surface area contributed by atoms with Gasteiger partial charge in [-0.3, -0.25) is 15.6 Å². The van der Waals surface area contributed by atoms with Gasteiger partial charge in [0.1, 0.15) is 5.75 Å². The van der Waals surface area contributed by atoms with E-state index in [1.54, 1.807) is 12.1 Å². The number of azide groups is 1. The first-order chi connectivity index (χ1) is 21.5. The molecule has 44 heavy (non-hydrogen) atoms. The number of hydrogen-bond donors (Lipinski definition) is 3. The summed E-state index contributed by atoms with van der Waals surface area (Å²) >= 11 is 3.50. The molecule has 10 nitrogen and oxygen atoms in total. The highest BCUT2D eigenvalue weighted by Gasteiger charge is 2.53. The standard InChI is InChI=1S/C33H31BrN6O4/c34-27-15-11-23(12-16-27)30-33(32(42)39-38-28-9-2-1-3-10-28,21-25-7-4-5-8-26(25)22-36-40-35)37-31(44-30)24-13-17-29(18-14-24)43-20-6-19-41/h1-5,7-18,30,38,41H,6,19-22H2,(H,39,42)/t30-,33-/m0/s1. The summed E-state index contributed by atoms with van der Waals surface area (Å²) in [5, 5.41) is 12.8. The number of benzene rings is 4. The predicted molar refractivity (Wildman–Crippen MR) is 172 cm³/mol. The van der Waals surface area contributed by atoms with E-state index in [4.69, 9.17) is 25.1 Å². The van der Waals surface area contributed by atoms with Gasteiger partial charge < -0.3 is 14.6 Å². The molecule has 0 radical (unpaired) electrons. The van der Waals surface area contributed by atoms with E-state index in [0.29, 0.717) is 35.9 Å². The lowest BCUT2D eigenvalue weighted by Crippen LogP contribution is -2.51. The number of halogens is 1. The van der Waals surface area contributed by atoms with Crippen molar-refractivity contribution in [3.63, 3.8) is 0 Å². The second-order valence-electron chi connectivity index (χ2n) is 10.1. The fourth-order valence-corrected chi connectivity index (χ4v) is 5.23. The van der Waals surface area contributed by atoms with Gasteiger partial charge in [-0.05, 0) is 70.8 Å². The zero-order chi connectivity index (χ0) is 30.8. The highest BCUT2D eigenvalue weighted by Crippen LogP contribution is 2.43. The maximum absolute atomic E-state index is 14.4. The minimum absolute atomic E-state index is 0.0510. The van der Waals surface area contributed by atoms with Gasteiger partial charge in [-0.25, -0.2) is 4.99 Å².